The number of hydrogen-bond donors (Lipinski definition) is 2. The molecule has 6 heteroatoms. The summed E-state index contributed by atoms with van der Waals surface area (Å²) in [5.41, 5.74) is 6.27. The Morgan fingerprint density at radius 3 is 2.68 bits per heavy atom. The number of hydrogen-bond acceptors (Lipinski definition) is 4. The smallest absolute Gasteiger partial charge is 0.219 e. The lowest BCUT2D eigenvalue weighted by Gasteiger charge is -2.26. The number of carbonyl (C=O) groups is 1. The van der Waals surface area contributed by atoms with E-state index in [9.17, 15) is 9.90 Å². The molecule has 28 heavy (non-hydrogen) atoms. The second kappa shape index (κ2) is 7.48. The van der Waals surface area contributed by atoms with Gasteiger partial charge >= 0.3 is 0 Å². The Labute approximate surface area is 164 Å². The summed E-state index contributed by atoms with van der Waals surface area (Å²) in [6.45, 7) is 2.98. The molecule has 2 N–H and O–H groups in total. The van der Waals surface area contributed by atoms with Gasteiger partial charge in [0.1, 0.15) is 0 Å². The van der Waals surface area contributed by atoms with E-state index in [1.807, 2.05) is 53.0 Å². The summed E-state index contributed by atoms with van der Waals surface area (Å²) in [5.74, 6) is 0.897. The van der Waals surface area contributed by atoms with Gasteiger partial charge in [-0.05, 0) is 34.9 Å². The lowest BCUT2D eigenvalue weighted by atomic mass is 10.0. The molecule has 0 fully saturated rings. The van der Waals surface area contributed by atoms with E-state index >= 15 is 0 Å². The molecule has 2 heterocycles. The van der Waals surface area contributed by atoms with Gasteiger partial charge in [0.25, 0.3) is 0 Å². The van der Waals surface area contributed by atoms with Crippen LogP contribution in [0.2, 0.25) is 0 Å². The van der Waals surface area contributed by atoms with Gasteiger partial charge in [-0.25, -0.2) is 0 Å². The van der Waals surface area contributed by atoms with Gasteiger partial charge in [-0.2, -0.15) is 5.10 Å². The Morgan fingerprint density at radius 2 is 1.96 bits per heavy atom. The number of aryl methyl sites for hydroxylation is 1. The van der Waals surface area contributed by atoms with Crippen molar-refractivity contribution in [2.24, 2.45) is 7.05 Å². The fourth-order valence-electron chi connectivity index (χ4n) is 3.69. The van der Waals surface area contributed by atoms with E-state index in [-0.39, 0.29) is 12.5 Å². The number of carbonyl (C=O) groups excluding carboxylic acids is 1. The van der Waals surface area contributed by atoms with E-state index in [0.29, 0.717) is 6.54 Å². The summed E-state index contributed by atoms with van der Waals surface area (Å²) in [4.78, 5) is 13.6. The highest BCUT2D eigenvalue weighted by atomic mass is 16.3. The van der Waals surface area contributed by atoms with Crippen molar-refractivity contribution in [2.45, 2.75) is 26.5 Å². The van der Waals surface area contributed by atoms with Crippen molar-refractivity contribution >= 4 is 17.4 Å². The Balaban J connectivity index is 1.56. The molecule has 1 aromatic heterocycles. The number of fused-ring (bicyclic) bond motifs is 1. The summed E-state index contributed by atoms with van der Waals surface area (Å²) < 4.78 is 1.91. The summed E-state index contributed by atoms with van der Waals surface area (Å²) in [6.07, 6.45) is 0.820. The number of aliphatic hydroxyl groups is 1. The number of rotatable bonds is 4. The maximum absolute atomic E-state index is 11.8. The van der Waals surface area contributed by atoms with Gasteiger partial charge in [-0.1, -0.05) is 30.3 Å². The van der Waals surface area contributed by atoms with Crippen LogP contribution in [0.5, 0.6) is 0 Å². The average Bonchev–Trinajstić information content (AvgIpc) is 3.03. The first-order chi connectivity index (χ1) is 13.5. The third-order valence-electron chi connectivity index (χ3n) is 5.28. The fraction of sp³-hybridized carbons (Fsp3) is 0.273. The van der Waals surface area contributed by atoms with Crippen LogP contribution in [-0.4, -0.2) is 32.2 Å². The van der Waals surface area contributed by atoms with Crippen LogP contribution in [0.3, 0.4) is 0 Å². The van der Waals surface area contributed by atoms with Crippen LogP contribution in [0, 0.1) is 0 Å². The number of aliphatic hydroxyl groups excluding tert-OH is 1. The highest BCUT2D eigenvalue weighted by Crippen LogP contribution is 2.29. The topological polar surface area (TPSA) is 70.4 Å². The third kappa shape index (κ3) is 3.51. The molecule has 0 aliphatic carbocycles. The van der Waals surface area contributed by atoms with Crippen molar-refractivity contribution < 1.29 is 9.90 Å². The molecule has 4 rings (SSSR count). The Kier molecular flexibility index (Phi) is 4.88. The van der Waals surface area contributed by atoms with Crippen LogP contribution >= 0.6 is 0 Å². The molecule has 144 valence electrons. The van der Waals surface area contributed by atoms with Crippen LogP contribution in [0.1, 0.15) is 23.7 Å². The SMILES string of the molecule is CC(=O)N1CCc2c(c(Nc3ccc(-c4cccc(CO)c4)cc3)nn2C)C1. The lowest BCUT2D eigenvalue weighted by molar-refractivity contribution is -0.129. The van der Waals surface area contributed by atoms with Crippen molar-refractivity contribution in [1.29, 1.82) is 0 Å². The second-order valence-corrected chi connectivity index (χ2v) is 7.15. The molecule has 0 saturated carbocycles. The Hall–Kier alpha value is -3.12. The molecular weight excluding hydrogens is 352 g/mol. The number of benzene rings is 2. The van der Waals surface area contributed by atoms with Crippen LogP contribution in [0.15, 0.2) is 48.5 Å². The van der Waals surface area contributed by atoms with Gasteiger partial charge < -0.3 is 15.3 Å². The van der Waals surface area contributed by atoms with E-state index in [2.05, 4.69) is 22.5 Å². The number of nitrogens with one attached hydrogen (secondary N) is 1. The summed E-state index contributed by atoms with van der Waals surface area (Å²) in [6, 6.07) is 16.0. The van der Waals surface area contributed by atoms with E-state index in [1.165, 1.54) is 5.69 Å². The Bertz CT molecular complexity index is 1010. The second-order valence-electron chi connectivity index (χ2n) is 7.15. The van der Waals surface area contributed by atoms with Crippen molar-refractivity contribution in [1.82, 2.24) is 14.7 Å². The molecule has 2 aromatic carbocycles. The molecule has 1 amide bonds. The molecule has 1 aliphatic rings. The standard InChI is InChI=1S/C22H24N4O2/c1-15(28)26-11-10-21-20(13-26)22(24-25(21)2)23-19-8-6-17(7-9-19)18-5-3-4-16(12-18)14-27/h3-9,12,27H,10-11,13-14H2,1-2H3,(H,23,24). The largest absolute Gasteiger partial charge is 0.392 e. The van der Waals surface area contributed by atoms with Crippen LogP contribution in [0.25, 0.3) is 11.1 Å². The van der Waals surface area contributed by atoms with Crippen LogP contribution in [0.4, 0.5) is 11.5 Å². The monoisotopic (exact) mass is 376 g/mol. The summed E-state index contributed by atoms with van der Waals surface area (Å²) in [5, 5.41) is 17.4. The van der Waals surface area contributed by atoms with Gasteiger partial charge in [0.05, 0.1) is 13.2 Å². The third-order valence-corrected chi connectivity index (χ3v) is 5.28. The first kappa shape index (κ1) is 18.3. The number of anilines is 2. The van der Waals surface area contributed by atoms with E-state index in [4.69, 9.17) is 0 Å². The van der Waals surface area contributed by atoms with Gasteiger partial charge in [-0.3, -0.25) is 9.48 Å². The molecule has 0 radical (unpaired) electrons. The molecular formula is C22H24N4O2. The van der Waals surface area contributed by atoms with Crippen molar-refractivity contribution in [2.75, 3.05) is 11.9 Å². The number of amides is 1. The zero-order valence-corrected chi connectivity index (χ0v) is 16.1. The zero-order valence-electron chi connectivity index (χ0n) is 16.1. The molecule has 1 aliphatic heterocycles. The van der Waals surface area contributed by atoms with Crippen LogP contribution in [-0.2, 0) is 31.4 Å². The fourth-order valence-corrected chi connectivity index (χ4v) is 3.69. The lowest BCUT2D eigenvalue weighted by Crippen LogP contribution is -2.34. The predicted octanol–water partition coefficient (Wildman–Crippen LogP) is 3.23. The van der Waals surface area contributed by atoms with Gasteiger partial charge in [0, 0.05) is 43.9 Å². The van der Waals surface area contributed by atoms with Crippen molar-refractivity contribution in [3.63, 3.8) is 0 Å². The predicted molar refractivity (Wildman–Crippen MR) is 109 cm³/mol. The molecule has 0 unspecified atom stereocenters. The maximum Gasteiger partial charge on any atom is 0.219 e. The van der Waals surface area contributed by atoms with Gasteiger partial charge in [0.15, 0.2) is 5.82 Å². The number of aromatic nitrogens is 2. The normalized spacial score (nSPS) is 13.3. The zero-order chi connectivity index (χ0) is 19.7. The maximum atomic E-state index is 11.8. The Morgan fingerprint density at radius 1 is 1.18 bits per heavy atom. The quantitative estimate of drug-likeness (QED) is 0.733. The molecule has 0 bridgehead atoms. The van der Waals surface area contributed by atoms with E-state index in [0.717, 1.165) is 46.7 Å². The first-order valence-electron chi connectivity index (χ1n) is 9.42. The molecule has 0 spiro atoms. The molecule has 0 atom stereocenters. The summed E-state index contributed by atoms with van der Waals surface area (Å²) in [7, 11) is 1.95. The van der Waals surface area contributed by atoms with Crippen molar-refractivity contribution in [3.05, 3.63) is 65.4 Å². The van der Waals surface area contributed by atoms with E-state index < -0.39 is 0 Å². The highest BCUT2D eigenvalue weighted by Gasteiger charge is 2.25. The van der Waals surface area contributed by atoms with E-state index in [1.54, 1.807) is 6.92 Å². The minimum atomic E-state index is 0.0372. The molecule has 3 aromatic rings. The number of nitrogens with zero attached hydrogens (tertiary/aromatic N) is 3. The summed E-state index contributed by atoms with van der Waals surface area (Å²) >= 11 is 0. The minimum absolute atomic E-state index is 0.0372. The highest BCUT2D eigenvalue weighted by molar-refractivity contribution is 5.74. The van der Waals surface area contributed by atoms with Crippen LogP contribution < -0.4 is 5.32 Å². The first-order valence-corrected chi connectivity index (χ1v) is 9.42. The van der Waals surface area contributed by atoms with Gasteiger partial charge in [-0.15, -0.1) is 0 Å². The molecule has 6 nitrogen and oxygen atoms in total. The van der Waals surface area contributed by atoms with Crippen molar-refractivity contribution in [3.8, 4) is 11.1 Å². The molecule has 0 saturated heterocycles. The minimum Gasteiger partial charge on any atom is -0.392 e. The van der Waals surface area contributed by atoms with Gasteiger partial charge in [0.2, 0.25) is 5.91 Å². The average molecular weight is 376 g/mol.